The molecule has 0 bridgehead atoms. The molecule has 136 valence electrons. The molecule has 2 rings (SSSR count). The van der Waals surface area contributed by atoms with Crippen molar-refractivity contribution in [1.29, 1.82) is 0 Å². The van der Waals surface area contributed by atoms with Gasteiger partial charge in [-0.25, -0.2) is 8.42 Å². The third kappa shape index (κ3) is 4.46. The molecule has 2 aromatic rings. The Hall–Kier alpha value is -1.73. The standard InChI is InChI=1S/C18H22BrNO4S/c1-18(2,3)12-6-8-13(9-7-12)20-25(21,22)17-11-16(24-5)15(23-4)10-14(17)19/h6-11,20H,1-5H3. The van der Waals surface area contributed by atoms with Crippen LogP contribution in [-0.4, -0.2) is 22.6 Å². The fourth-order valence-electron chi connectivity index (χ4n) is 2.29. The first-order valence-electron chi connectivity index (χ1n) is 7.63. The summed E-state index contributed by atoms with van der Waals surface area (Å²) < 4.78 is 38.8. The molecular formula is C18H22BrNO4S. The smallest absolute Gasteiger partial charge is 0.263 e. The molecule has 0 heterocycles. The van der Waals surface area contributed by atoms with Gasteiger partial charge in [-0.1, -0.05) is 32.9 Å². The minimum atomic E-state index is -3.78. The minimum Gasteiger partial charge on any atom is -0.493 e. The van der Waals surface area contributed by atoms with Gasteiger partial charge in [-0.15, -0.1) is 0 Å². The van der Waals surface area contributed by atoms with E-state index in [2.05, 4.69) is 41.4 Å². The molecule has 2 aromatic carbocycles. The highest BCUT2D eigenvalue weighted by Crippen LogP contribution is 2.36. The Kier molecular flexibility index (Phi) is 5.68. The molecule has 0 aliphatic heterocycles. The molecule has 0 unspecified atom stereocenters. The van der Waals surface area contributed by atoms with E-state index < -0.39 is 10.0 Å². The van der Waals surface area contributed by atoms with Gasteiger partial charge >= 0.3 is 0 Å². The van der Waals surface area contributed by atoms with Crippen molar-refractivity contribution in [3.63, 3.8) is 0 Å². The molecule has 0 saturated carbocycles. The van der Waals surface area contributed by atoms with Crippen LogP contribution in [0.2, 0.25) is 0 Å². The topological polar surface area (TPSA) is 64.6 Å². The first-order valence-corrected chi connectivity index (χ1v) is 9.91. The van der Waals surface area contributed by atoms with E-state index in [-0.39, 0.29) is 10.3 Å². The Bertz CT molecular complexity index is 856. The normalized spacial score (nSPS) is 11.9. The van der Waals surface area contributed by atoms with Crippen molar-refractivity contribution in [2.45, 2.75) is 31.1 Å². The van der Waals surface area contributed by atoms with Crippen molar-refractivity contribution in [2.75, 3.05) is 18.9 Å². The molecule has 0 atom stereocenters. The summed E-state index contributed by atoms with van der Waals surface area (Å²) in [5.74, 6) is 0.789. The lowest BCUT2D eigenvalue weighted by Gasteiger charge is -2.19. The van der Waals surface area contributed by atoms with Crippen LogP contribution in [0.15, 0.2) is 45.8 Å². The van der Waals surface area contributed by atoms with Gasteiger partial charge in [0.1, 0.15) is 4.90 Å². The van der Waals surface area contributed by atoms with Gasteiger partial charge in [-0.3, -0.25) is 4.72 Å². The van der Waals surface area contributed by atoms with Gasteiger partial charge in [0.05, 0.1) is 14.2 Å². The van der Waals surface area contributed by atoms with Gasteiger partial charge in [-0.2, -0.15) is 0 Å². The van der Waals surface area contributed by atoms with Crippen LogP contribution < -0.4 is 14.2 Å². The maximum Gasteiger partial charge on any atom is 0.263 e. The van der Waals surface area contributed by atoms with E-state index in [4.69, 9.17) is 9.47 Å². The number of benzene rings is 2. The van der Waals surface area contributed by atoms with Crippen LogP contribution in [0.25, 0.3) is 0 Å². The second kappa shape index (κ2) is 7.25. The fourth-order valence-corrected chi connectivity index (χ4v) is 4.39. The van der Waals surface area contributed by atoms with E-state index in [1.165, 1.54) is 20.3 Å². The van der Waals surface area contributed by atoms with Gasteiger partial charge in [-0.05, 0) is 45.1 Å². The number of methoxy groups -OCH3 is 2. The maximum atomic E-state index is 12.7. The van der Waals surface area contributed by atoms with Crippen LogP contribution in [0, 0.1) is 0 Å². The van der Waals surface area contributed by atoms with Crippen molar-refractivity contribution in [2.24, 2.45) is 0 Å². The number of nitrogens with one attached hydrogen (secondary N) is 1. The van der Waals surface area contributed by atoms with Crippen LogP contribution in [-0.2, 0) is 15.4 Å². The Morgan fingerprint density at radius 1 is 0.960 bits per heavy atom. The molecule has 0 fully saturated rings. The zero-order valence-electron chi connectivity index (χ0n) is 14.9. The fraction of sp³-hybridized carbons (Fsp3) is 0.333. The molecule has 0 spiro atoms. The molecule has 0 aliphatic carbocycles. The Balaban J connectivity index is 2.36. The number of rotatable bonds is 5. The first-order chi connectivity index (χ1) is 11.6. The average molecular weight is 428 g/mol. The quantitative estimate of drug-likeness (QED) is 0.758. The van der Waals surface area contributed by atoms with Gasteiger partial charge < -0.3 is 9.47 Å². The molecule has 1 N–H and O–H groups in total. The van der Waals surface area contributed by atoms with Crippen molar-refractivity contribution in [1.82, 2.24) is 0 Å². The zero-order valence-corrected chi connectivity index (χ0v) is 17.3. The molecule has 0 amide bonds. The number of hydrogen-bond acceptors (Lipinski definition) is 4. The summed E-state index contributed by atoms with van der Waals surface area (Å²) in [6.45, 7) is 6.31. The van der Waals surface area contributed by atoms with Crippen LogP contribution in [0.1, 0.15) is 26.3 Å². The Labute approximate surface area is 157 Å². The van der Waals surface area contributed by atoms with E-state index in [0.717, 1.165) is 5.56 Å². The largest absolute Gasteiger partial charge is 0.493 e. The molecule has 0 aliphatic rings. The van der Waals surface area contributed by atoms with E-state index >= 15 is 0 Å². The molecule has 0 radical (unpaired) electrons. The van der Waals surface area contributed by atoms with E-state index in [0.29, 0.717) is 21.7 Å². The monoisotopic (exact) mass is 427 g/mol. The summed E-state index contributed by atoms with van der Waals surface area (Å²) in [7, 11) is -0.830. The van der Waals surface area contributed by atoms with Gasteiger partial charge in [0.15, 0.2) is 11.5 Å². The van der Waals surface area contributed by atoms with E-state index in [1.807, 2.05) is 12.1 Å². The maximum absolute atomic E-state index is 12.7. The van der Waals surface area contributed by atoms with Crippen molar-refractivity contribution in [3.8, 4) is 11.5 Å². The van der Waals surface area contributed by atoms with Crippen molar-refractivity contribution >= 4 is 31.6 Å². The van der Waals surface area contributed by atoms with E-state index in [9.17, 15) is 8.42 Å². The molecule has 25 heavy (non-hydrogen) atoms. The third-order valence-corrected chi connectivity index (χ3v) is 6.07. The van der Waals surface area contributed by atoms with Crippen LogP contribution >= 0.6 is 15.9 Å². The molecule has 0 saturated heterocycles. The summed E-state index contributed by atoms with van der Waals surface area (Å²) in [4.78, 5) is 0.0741. The predicted octanol–water partition coefficient (Wildman–Crippen LogP) is 4.56. The summed E-state index contributed by atoms with van der Waals surface area (Å²) in [6, 6.07) is 10.3. The third-order valence-electron chi connectivity index (χ3n) is 3.73. The Morgan fingerprint density at radius 2 is 1.48 bits per heavy atom. The van der Waals surface area contributed by atoms with Crippen LogP contribution in [0.5, 0.6) is 11.5 Å². The molecular weight excluding hydrogens is 406 g/mol. The highest BCUT2D eigenvalue weighted by molar-refractivity contribution is 9.10. The predicted molar refractivity (Wildman–Crippen MR) is 103 cm³/mol. The lowest BCUT2D eigenvalue weighted by molar-refractivity contribution is 0.353. The average Bonchev–Trinajstić information content (AvgIpc) is 2.53. The second-order valence-electron chi connectivity index (χ2n) is 6.57. The zero-order chi connectivity index (χ0) is 18.8. The Morgan fingerprint density at radius 3 is 1.96 bits per heavy atom. The van der Waals surface area contributed by atoms with Crippen molar-refractivity contribution < 1.29 is 17.9 Å². The van der Waals surface area contributed by atoms with E-state index in [1.54, 1.807) is 18.2 Å². The van der Waals surface area contributed by atoms with Crippen LogP contribution in [0.4, 0.5) is 5.69 Å². The second-order valence-corrected chi connectivity index (χ2v) is 9.08. The summed E-state index contributed by atoms with van der Waals surface area (Å²) in [6.07, 6.45) is 0. The first kappa shape index (κ1) is 19.6. The number of anilines is 1. The number of sulfonamides is 1. The SMILES string of the molecule is COc1cc(Br)c(S(=O)(=O)Nc2ccc(C(C)(C)C)cc2)cc1OC. The van der Waals surface area contributed by atoms with Crippen molar-refractivity contribution in [3.05, 3.63) is 46.4 Å². The van der Waals surface area contributed by atoms with Crippen LogP contribution in [0.3, 0.4) is 0 Å². The number of halogens is 1. The summed E-state index contributed by atoms with van der Waals surface area (Å²) >= 11 is 3.28. The summed E-state index contributed by atoms with van der Waals surface area (Å²) in [5, 5.41) is 0. The highest BCUT2D eigenvalue weighted by Gasteiger charge is 2.22. The number of ether oxygens (including phenoxy) is 2. The highest BCUT2D eigenvalue weighted by atomic mass is 79.9. The number of hydrogen-bond donors (Lipinski definition) is 1. The summed E-state index contributed by atoms with van der Waals surface area (Å²) in [5.41, 5.74) is 1.63. The molecule has 5 nitrogen and oxygen atoms in total. The lowest BCUT2D eigenvalue weighted by atomic mass is 9.87. The minimum absolute atomic E-state index is 0.00375. The van der Waals surface area contributed by atoms with Gasteiger partial charge in [0.25, 0.3) is 10.0 Å². The molecule has 0 aromatic heterocycles. The van der Waals surface area contributed by atoms with Gasteiger partial charge in [0, 0.05) is 16.2 Å². The van der Waals surface area contributed by atoms with Gasteiger partial charge in [0.2, 0.25) is 0 Å². The molecule has 7 heteroatoms. The lowest BCUT2D eigenvalue weighted by Crippen LogP contribution is -2.15.